The van der Waals surface area contributed by atoms with E-state index in [0.717, 1.165) is 0 Å². The summed E-state index contributed by atoms with van der Waals surface area (Å²) in [6, 6.07) is 10.4. The summed E-state index contributed by atoms with van der Waals surface area (Å²) in [4.78, 5) is 69.6. The van der Waals surface area contributed by atoms with Crippen LogP contribution in [-0.2, 0) is 45.3 Å². The monoisotopic (exact) mass is 753 g/mol. The smallest absolute Gasteiger partial charge is 0.410 e. The van der Waals surface area contributed by atoms with E-state index < -0.39 is 45.9 Å². The Morgan fingerprint density at radius 2 is 1.63 bits per heavy atom. The van der Waals surface area contributed by atoms with Gasteiger partial charge in [0.1, 0.15) is 18.9 Å². The second kappa shape index (κ2) is 15.4. The van der Waals surface area contributed by atoms with E-state index >= 15 is 0 Å². The van der Waals surface area contributed by atoms with Crippen molar-refractivity contribution in [1.29, 1.82) is 0 Å². The summed E-state index contributed by atoms with van der Waals surface area (Å²) < 4.78 is 11.3. The van der Waals surface area contributed by atoms with E-state index in [0.29, 0.717) is 39.6 Å². The number of likely N-dealkylation sites (tertiary alicyclic amines) is 1. The van der Waals surface area contributed by atoms with Crippen molar-refractivity contribution in [2.45, 2.75) is 69.9 Å². The number of rotatable bonds is 13. The molecule has 0 spiro atoms. The Labute approximate surface area is 305 Å². The van der Waals surface area contributed by atoms with Gasteiger partial charge in [-0.05, 0) is 48.7 Å². The number of aliphatic hydroxyl groups excluding tert-OH is 2. The fraction of sp³-hybridized carbons (Fsp3) is 0.412. The summed E-state index contributed by atoms with van der Waals surface area (Å²) in [5.74, 6) is -2.19. The second-order valence-electron chi connectivity index (χ2n) is 12.8. The molecule has 16 nitrogen and oxygen atoms in total. The van der Waals surface area contributed by atoms with Crippen LogP contribution in [0.1, 0.15) is 42.1 Å². The molecule has 3 aliphatic rings. The van der Waals surface area contributed by atoms with Crippen molar-refractivity contribution >= 4 is 52.4 Å². The minimum Gasteiger partial charge on any atom is -0.456 e. The van der Waals surface area contributed by atoms with Gasteiger partial charge in [0.2, 0.25) is 5.91 Å². The average molecular weight is 754 g/mol. The lowest BCUT2D eigenvalue weighted by Crippen LogP contribution is -2.63. The average Bonchev–Trinajstić information content (AvgIpc) is 3.81. The predicted molar refractivity (Wildman–Crippen MR) is 186 cm³/mol. The minimum atomic E-state index is -0.947. The third kappa shape index (κ3) is 7.50. The fourth-order valence-electron chi connectivity index (χ4n) is 6.81. The number of β-lactam (4-membered cyclic amide) rings is 1. The number of esters is 1. The second-order valence-corrected chi connectivity index (χ2v) is 15.1. The number of fused-ring (bicyclic) bond motifs is 1. The van der Waals surface area contributed by atoms with Gasteiger partial charge in [-0.2, -0.15) is 0 Å². The van der Waals surface area contributed by atoms with Crippen molar-refractivity contribution in [2.24, 2.45) is 11.8 Å². The predicted octanol–water partition coefficient (Wildman–Crippen LogP) is 4.32. The summed E-state index contributed by atoms with van der Waals surface area (Å²) in [7, 11) is 0. The molecule has 2 aromatic carbocycles. The van der Waals surface area contributed by atoms with Crippen LogP contribution in [-0.4, -0.2) is 82.8 Å². The topological polar surface area (TPSA) is 216 Å². The van der Waals surface area contributed by atoms with Gasteiger partial charge in [-0.1, -0.05) is 6.92 Å². The number of hydrogen-bond acceptors (Lipinski definition) is 14. The van der Waals surface area contributed by atoms with Gasteiger partial charge >= 0.3 is 12.1 Å². The van der Waals surface area contributed by atoms with E-state index in [9.17, 15) is 44.8 Å². The van der Waals surface area contributed by atoms with E-state index in [2.05, 4.69) is 4.98 Å². The number of thioether (sulfide) groups is 1. The van der Waals surface area contributed by atoms with Crippen LogP contribution in [0.15, 0.2) is 64.5 Å². The van der Waals surface area contributed by atoms with Gasteiger partial charge in [0.25, 0.3) is 11.4 Å². The van der Waals surface area contributed by atoms with Crippen molar-refractivity contribution in [1.82, 2.24) is 14.8 Å². The first kappa shape index (κ1) is 36.9. The fourth-order valence-corrected chi connectivity index (χ4v) is 9.23. The number of benzene rings is 2. The highest BCUT2D eigenvalue weighted by atomic mass is 32.2. The van der Waals surface area contributed by atoms with Gasteiger partial charge in [0, 0.05) is 64.7 Å². The molecule has 2 amide bonds. The van der Waals surface area contributed by atoms with Crippen molar-refractivity contribution in [3.05, 3.63) is 107 Å². The number of nitro benzene ring substituents is 2. The van der Waals surface area contributed by atoms with E-state index in [1.54, 1.807) is 10.3 Å². The standard InChI is InChI=1S/C34H35N5O11S2/c1-18-29-28(19(2)41)32(42)37(29)30(33(43)49-15-20-3-7-23(8-4-20)38(45)46)31(18)52-26-11-25(12-27-35-22(14-40)17-51-27)36(13-26)34(44)50-16-21-5-9-24(10-6-21)39(47)48/h3-10,17-19,25-26,28-29,40-41H,11-16H2,1-2H3/t18-,19-,25+,26+,28?,29?/m1/s1. The number of non-ortho nitro benzene ring substituents is 2. The van der Waals surface area contributed by atoms with Crippen molar-refractivity contribution in [3.63, 3.8) is 0 Å². The van der Waals surface area contributed by atoms with Crippen LogP contribution in [0.4, 0.5) is 16.2 Å². The van der Waals surface area contributed by atoms with E-state index in [1.165, 1.54) is 83.5 Å². The molecule has 0 saturated carbocycles. The highest BCUT2D eigenvalue weighted by Crippen LogP contribution is 2.52. The summed E-state index contributed by atoms with van der Waals surface area (Å²) in [5.41, 5.74) is 1.48. The number of carbonyl (C=O) groups excluding carboxylic acids is 3. The number of amides is 2. The van der Waals surface area contributed by atoms with Crippen LogP contribution in [0.5, 0.6) is 0 Å². The Morgan fingerprint density at radius 1 is 1.04 bits per heavy atom. The maximum Gasteiger partial charge on any atom is 0.410 e. The molecule has 6 atom stereocenters. The van der Waals surface area contributed by atoms with Crippen molar-refractivity contribution in [2.75, 3.05) is 6.54 Å². The Morgan fingerprint density at radius 3 is 2.17 bits per heavy atom. The van der Waals surface area contributed by atoms with Gasteiger partial charge < -0.3 is 29.5 Å². The number of ether oxygens (including phenoxy) is 2. The maximum absolute atomic E-state index is 13.7. The summed E-state index contributed by atoms with van der Waals surface area (Å²) in [6.07, 6.45) is -0.693. The molecule has 2 unspecified atom stereocenters. The Bertz CT molecular complexity index is 1900. The Hall–Kier alpha value is -4.91. The SMILES string of the molecule is C[C@@H](O)C1C(=O)N2C(C(=O)OCc3ccc([N+](=O)[O-])cc3)=C(S[C@H]3C[C@@H](Cc4nc(CO)cs4)N(C(=O)OCc4ccc([N+](=O)[O-])cc4)C3)[C@H](C)C12. The lowest BCUT2D eigenvalue weighted by atomic mass is 9.79. The number of hydrogen-bond donors (Lipinski definition) is 2. The Kier molecular flexibility index (Phi) is 10.9. The van der Waals surface area contributed by atoms with Gasteiger partial charge in [0.15, 0.2) is 0 Å². The molecule has 2 fully saturated rings. The molecule has 274 valence electrons. The first-order chi connectivity index (χ1) is 24.9. The minimum absolute atomic E-state index is 0.0783. The molecule has 4 heterocycles. The lowest BCUT2D eigenvalue weighted by Gasteiger charge is -2.46. The van der Waals surface area contributed by atoms with E-state index in [4.69, 9.17) is 9.47 Å². The molecule has 6 rings (SSSR count). The first-order valence-corrected chi connectivity index (χ1v) is 18.2. The molecule has 0 radical (unpaired) electrons. The molecular weight excluding hydrogens is 719 g/mol. The lowest BCUT2D eigenvalue weighted by molar-refractivity contribution is -0.385. The summed E-state index contributed by atoms with van der Waals surface area (Å²) in [6.45, 7) is 3.12. The van der Waals surface area contributed by atoms with Crippen LogP contribution in [0, 0.1) is 32.1 Å². The van der Waals surface area contributed by atoms with Gasteiger partial charge in [-0.15, -0.1) is 23.1 Å². The molecule has 0 bridgehead atoms. The first-order valence-electron chi connectivity index (χ1n) is 16.4. The molecule has 2 N–H and O–H groups in total. The van der Waals surface area contributed by atoms with Crippen LogP contribution in [0.3, 0.4) is 0 Å². The normalized spacial score (nSPS) is 22.9. The van der Waals surface area contributed by atoms with Crippen LogP contribution in [0.25, 0.3) is 0 Å². The number of nitro groups is 2. The number of aliphatic hydroxyl groups is 2. The molecule has 3 aromatic rings. The highest BCUT2D eigenvalue weighted by molar-refractivity contribution is 8.03. The van der Waals surface area contributed by atoms with Crippen molar-refractivity contribution in [3.8, 4) is 0 Å². The third-order valence-electron chi connectivity index (χ3n) is 9.40. The molecule has 2 saturated heterocycles. The molecule has 1 aromatic heterocycles. The van der Waals surface area contributed by atoms with Crippen LogP contribution in [0.2, 0.25) is 0 Å². The van der Waals surface area contributed by atoms with Crippen molar-refractivity contribution < 1.29 is 43.9 Å². The van der Waals surface area contributed by atoms with E-state index in [-0.39, 0.29) is 60.6 Å². The van der Waals surface area contributed by atoms with Crippen LogP contribution < -0.4 is 0 Å². The molecule has 52 heavy (non-hydrogen) atoms. The third-order valence-corrected chi connectivity index (χ3v) is 11.8. The zero-order chi connectivity index (χ0) is 37.3. The maximum atomic E-state index is 13.7. The number of carbonyl (C=O) groups is 3. The molecule has 0 aliphatic carbocycles. The molecular formula is C34H35N5O11S2. The van der Waals surface area contributed by atoms with E-state index in [1.807, 2.05) is 6.92 Å². The van der Waals surface area contributed by atoms with Gasteiger partial charge in [-0.25, -0.2) is 14.6 Å². The summed E-state index contributed by atoms with van der Waals surface area (Å²) >= 11 is 2.73. The Balaban J connectivity index is 1.22. The number of nitrogens with zero attached hydrogens (tertiary/aromatic N) is 5. The number of aromatic nitrogens is 1. The van der Waals surface area contributed by atoms with Gasteiger partial charge in [-0.3, -0.25) is 25.0 Å². The van der Waals surface area contributed by atoms with Crippen LogP contribution >= 0.6 is 23.1 Å². The molecule has 18 heteroatoms. The quantitative estimate of drug-likeness (QED) is 0.108. The highest BCUT2D eigenvalue weighted by Gasteiger charge is 2.60. The summed E-state index contributed by atoms with van der Waals surface area (Å²) in [5, 5.41) is 44.2. The van der Waals surface area contributed by atoms with Gasteiger partial charge in [0.05, 0.1) is 45.2 Å². The number of thiazole rings is 1. The zero-order valence-electron chi connectivity index (χ0n) is 28.0. The molecule has 3 aliphatic heterocycles. The largest absolute Gasteiger partial charge is 0.456 e. The zero-order valence-corrected chi connectivity index (χ0v) is 29.7.